The molecule has 1 amide bonds. The van der Waals surface area contributed by atoms with E-state index >= 15 is 0 Å². The number of ether oxygens (including phenoxy) is 2. The summed E-state index contributed by atoms with van der Waals surface area (Å²) in [6.45, 7) is 5.26. The molecule has 0 aliphatic rings. The Morgan fingerprint density at radius 3 is 2.31 bits per heavy atom. The van der Waals surface area contributed by atoms with Crippen molar-refractivity contribution in [3.8, 4) is 5.75 Å². The van der Waals surface area contributed by atoms with Crippen LogP contribution in [0.15, 0.2) is 48.5 Å². The van der Waals surface area contributed by atoms with Crippen LogP contribution in [0.4, 0.5) is 10.1 Å². The maximum Gasteiger partial charge on any atom is 0.344 e. The summed E-state index contributed by atoms with van der Waals surface area (Å²) in [5, 5.41) is 2.37. The molecule has 0 aliphatic heterocycles. The van der Waals surface area contributed by atoms with Crippen molar-refractivity contribution in [3.05, 3.63) is 59.9 Å². The molecule has 0 aliphatic carbocycles. The van der Waals surface area contributed by atoms with E-state index in [4.69, 9.17) is 9.47 Å². The highest BCUT2D eigenvalue weighted by Gasteiger charge is 2.19. The number of esters is 1. The molecule has 0 saturated carbocycles. The normalized spacial score (nSPS) is 11.7. The van der Waals surface area contributed by atoms with Gasteiger partial charge in [0, 0.05) is 0 Å². The third-order valence-electron chi connectivity index (χ3n) is 3.71. The summed E-state index contributed by atoms with van der Waals surface area (Å²) in [6, 6.07) is 13.2. The van der Waals surface area contributed by atoms with Gasteiger partial charge in [-0.05, 0) is 42.7 Å². The fraction of sp³-hybridized carbons (Fsp3) is 0.300. The number of hydrogen-bond acceptors (Lipinski definition) is 4. The van der Waals surface area contributed by atoms with Crippen LogP contribution in [0.5, 0.6) is 5.75 Å². The van der Waals surface area contributed by atoms with Gasteiger partial charge in [-0.15, -0.1) is 0 Å². The summed E-state index contributed by atoms with van der Waals surface area (Å²) < 4.78 is 23.9. The summed E-state index contributed by atoms with van der Waals surface area (Å²) in [5.41, 5.74) is 1.19. The van der Waals surface area contributed by atoms with E-state index in [1.165, 1.54) is 30.7 Å². The highest BCUT2D eigenvalue weighted by Crippen LogP contribution is 2.18. The number of rotatable bonds is 7. The summed E-state index contributed by atoms with van der Waals surface area (Å²) in [5.74, 6) is -0.927. The van der Waals surface area contributed by atoms with E-state index in [2.05, 4.69) is 19.2 Å². The van der Waals surface area contributed by atoms with Gasteiger partial charge < -0.3 is 14.8 Å². The number of amides is 1. The second-order valence-electron chi connectivity index (χ2n) is 6.11. The van der Waals surface area contributed by atoms with Crippen LogP contribution in [0.2, 0.25) is 0 Å². The Balaban J connectivity index is 1.81. The molecule has 0 bridgehead atoms. The van der Waals surface area contributed by atoms with Crippen LogP contribution in [0, 0.1) is 5.82 Å². The van der Waals surface area contributed by atoms with Crippen molar-refractivity contribution in [1.82, 2.24) is 0 Å². The highest BCUT2D eigenvalue weighted by atomic mass is 19.1. The number of carbonyl (C=O) groups is 2. The second-order valence-corrected chi connectivity index (χ2v) is 6.11. The predicted molar refractivity (Wildman–Crippen MR) is 96.6 cm³/mol. The lowest BCUT2D eigenvalue weighted by atomic mass is 10.0. The van der Waals surface area contributed by atoms with Crippen molar-refractivity contribution in [3.63, 3.8) is 0 Å². The monoisotopic (exact) mass is 359 g/mol. The van der Waals surface area contributed by atoms with Crippen LogP contribution in [-0.2, 0) is 14.3 Å². The van der Waals surface area contributed by atoms with Crippen molar-refractivity contribution in [2.24, 2.45) is 0 Å². The average molecular weight is 359 g/mol. The van der Waals surface area contributed by atoms with Gasteiger partial charge in [0.2, 0.25) is 0 Å². The van der Waals surface area contributed by atoms with Gasteiger partial charge in [0.05, 0.1) is 5.69 Å². The Morgan fingerprint density at radius 1 is 1.04 bits per heavy atom. The maximum absolute atomic E-state index is 13.5. The molecule has 6 heteroatoms. The van der Waals surface area contributed by atoms with Crippen molar-refractivity contribution in [1.29, 1.82) is 0 Å². The molecule has 138 valence electrons. The second kappa shape index (κ2) is 8.99. The summed E-state index contributed by atoms with van der Waals surface area (Å²) in [6.07, 6.45) is -1.07. The van der Waals surface area contributed by atoms with Crippen LogP contribution in [-0.4, -0.2) is 24.6 Å². The first-order valence-corrected chi connectivity index (χ1v) is 8.34. The van der Waals surface area contributed by atoms with E-state index in [9.17, 15) is 14.0 Å². The average Bonchev–Trinajstić information content (AvgIpc) is 2.62. The predicted octanol–water partition coefficient (Wildman–Crippen LogP) is 3.90. The molecule has 0 aromatic heterocycles. The van der Waals surface area contributed by atoms with Crippen LogP contribution >= 0.6 is 0 Å². The topological polar surface area (TPSA) is 64.6 Å². The highest BCUT2D eigenvalue weighted by molar-refractivity contribution is 5.95. The number of nitrogens with one attached hydrogen (secondary N) is 1. The fourth-order valence-electron chi connectivity index (χ4n) is 2.17. The number of hydrogen-bond donors (Lipinski definition) is 1. The van der Waals surface area contributed by atoms with Crippen LogP contribution < -0.4 is 10.1 Å². The van der Waals surface area contributed by atoms with Crippen molar-refractivity contribution >= 4 is 17.6 Å². The zero-order valence-electron chi connectivity index (χ0n) is 15.0. The number of halogens is 1. The van der Waals surface area contributed by atoms with Gasteiger partial charge in [0.1, 0.15) is 11.6 Å². The van der Waals surface area contributed by atoms with Crippen LogP contribution in [0.1, 0.15) is 32.3 Å². The Morgan fingerprint density at radius 2 is 1.69 bits per heavy atom. The minimum Gasteiger partial charge on any atom is -0.482 e. The first-order chi connectivity index (χ1) is 12.4. The molecule has 2 aromatic carbocycles. The Hall–Kier alpha value is -2.89. The van der Waals surface area contributed by atoms with Crippen molar-refractivity contribution < 1.29 is 23.5 Å². The third kappa shape index (κ3) is 5.58. The van der Waals surface area contributed by atoms with Gasteiger partial charge in [-0.2, -0.15) is 0 Å². The molecule has 0 radical (unpaired) electrons. The molecule has 0 spiro atoms. The van der Waals surface area contributed by atoms with E-state index in [0.717, 1.165) is 0 Å². The molecule has 5 nitrogen and oxygen atoms in total. The Kier molecular flexibility index (Phi) is 6.72. The Labute approximate surface area is 152 Å². The zero-order chi connectivity index (χ0) is 19.1. The van der Waals surface area contributed by atoms with Gasteiger partial charge in [0.25, 0.3) is 5.91 Å². The maximum atomic E-state index is 13.5. The van der Waals surface area contributed by atoms with Crippen LogP contribution in [0.25, 0.3) is 0 Å². The lowest BCUT2D eigenvalue weighted by molar-refractivity contribution is -0.155. The van der Waals surface area contributed by atoms with Gasteiger partial charge in [-0.1, -0.05) is 38.1 Å². The lowest BCUT2D eigenvalue weighted by Gasteiger charge is -2.14. The molecule has 0 fully saturated rings. The van der Waals surface area contributed by atoms with E-state index in [-0.39, 0.29) is 12.3 Å². The standard InChI is InChI=1S/C20H22FNO4/c1-13(2)15-8-10-16(11-9-15)25-12-19(23)26-14(3)20(24)22-18-7-5-4-6-17(18)21/h4-11,13-14H,12H2,1-3H3,(H,22,24)/t14-/m0/s1. The first kappa shape index (κ1) is 19.4. The van der Waals surface area contributed by atoms with Gasteiger partial charge >= 0.3 is 5.97 Å². The molecule has 2 aromatic rings. The fourth-order valence-corrected chi connectivity index (χ4v) is 2.17. The van der Waals surface area contributed by atoms with Gasteiger partial charge in [-0.25, -0.2) is 9.18 Å². The number of benzene rings is 2. The zero-order valence-corrected chi connectivity index (χ0v) is 15.0. The van der Waals surface area contributed by atoms with Crippen molar-refractivity contribution in [2.75, 3.05) is 11.9 Å². The SMILES string of the molecule is CC(C)c1ccc(OCC(=O)O[C@@H](C)C(=O)Nc2ccccc2F)cc1. The van der Waals surface area contributed by atoms with E-state index in [0.29, 0.717) is 11.7 Å². The molecule has 1 atom stereocenters. The molecule has 0 unspecified atom stereocenters. The summed E-state index contributed by atoms with van der Waals surface area (Å²) in [4.78, 5) is 23.8. The molecule has 1 N–H and O–H groups in total. The quantitative estimate of drug-likeness (QED) is 0.762. The first-order valence-electron chi connectivity index (χ1n) is 8.34. The molecule has 26 heavy (non-hydrogen) atoms. The lowest BCUT2D eigenvalue weighted by Crippen LogP contribution is -2.31. The number of carbonyl (C=O) groups excluding carboxylic acids is 2. The third-order valence-corrected chi connectivity index (χ3v) is 3.71. The summed E-state index contributed by atoms with van der Waals surface area (Å²) in [7, 11) is 0. The van der Waals surface area contributed by atoms with Gasteiger partial charge in [0.15, 0.2) is 12.7 Å². The largest absolute Gasteiger partial charge is 0.482 e. The molecule has 2 rings (SSSR count). The van der Waals surface area contributed by atoms with Crippen LogP contribution in [0.3, 0.4) is 0 Å². The Bertz CT molecular complexity index is 759. The van der Waals surface area contributed by atoms with E-state index < -0.39 is 23.8 Å². The molecule has 0 heterocycles. The molecule has 0 saturated heterocycles. The molecular formula is C20H22FNO4. The number of anilines is 1. The number of para-hydroxylation sites is 1. The van der Waals surface area contributed by atoms with Gasteiger partial charge in [-0.3, -0.25) is 4.79 Å². The minimum absolute atomic E-state index is 0.0295. The smallest absolute Gasteiger partial charge is 0.344 e. The van der Waals surface area contributed by atoms with E-state index in [1.807, 2.05) is 12.1 Å². The summed E-state index contributed by atoms with van der Waals surface area (Å²) >= 11 is 0. The minimum atomic E-state index is -1.07. The van der Waals surface area contributed by atoms with Crippen molar-refractivity contribution in [2.45, 2.75) is 32.8 Å². The molecular weight excluding hydrogens is 337 g/mol. The van der Waals surface area contributed by atoms with E-state index in [1.54, 1.807) is 18.2 Å².